The Bertz CT molecular complexity index is 1320. The second-order valence-corrected chi connectivity index (χ2v) is 13.4. The minimum absolute atomic E-state index is 0.000542. The van der Waals surface area contributed by atoms with Crippen molar-refractivity contribution in [3.63, 3.8) is 0 Å². The SMILES string of the molecule is C[C@]12CCC(=O)C=C1[C@H](OC(=O)CCC(=O)NCCc1ccc(O)cc1)C[C@@H]1[C@@H]2[C@@H]2C[C@]3(C(O)O2)[C@@H](C(=O)CO)CC[C@@H]13. The number of nitrogens with one attached hydrogen (secondary N) is 1. The second-order valence-electron chi connectivity index (χ2n) is 13.4. The Labute approximate surface area is 250 Å². The Kier molecular flexibility index (Phi) is 7.98. The molecule has 4 fully saturated rings. The Morgan fingerprint density at radius 2 is 1.91 bits per heavy atom. The van der Waals surface area contributed by atoms with Crippen molar-refractivity contribution in [2.45, 2.75) is 83.2 Å². The van der Waals surface area contributed by atoms with E-state index in [9.17, 15) is 34.5 Å². The number of aliphatic hydroxyl groups is 2. The molecule has 10 heteroatoms. The van der Waals surface area contributed by atoms with Crippen LogP contribution in [0.3, 0.4) is 0 Å². The van der Waals surface area contributed by atoms with Crippen LogP contribution < -0.4 is 5.32 Å². The number of fused-ring (bicyclic) bond motifs is 6. The van der Waals surface area contributed by atoms with Crippen LogP contribution in [0, 0.1) is 34.5 Å². The molecule has 1 aromatic rings. The molecule has 5 aliphatic rings. The molecule has 9 atom stereocenters. The van der Waals surface area contributed by atoms with Gasteiger partial charge in [-0.1, -0.05) is 19.1 Å². The summed E-state index contributed by atoms with van der Waals surface area (Å²) in [5, 5.41) is 33.2. The maximum atomic E-state index is 13.1. The standard InChI is InChI=1S/C33H41NO9/c1-32-12-10-20(37)14-24(32)26(42-29(40)9-8-28(39)34-13-11-18-2-4-19(36)5-3-18)15-21-22-6-7-23(25(38)17-35)33(22)16-27(30(21)32)43-31(33)41/h2-5,14,21-23,26-27,30-31,35-36,41H,6-13,15-17H2,1H3,(H,34,39)/t21-,22-,23+,26+,27-,30+,31?,32-,33+/m0/s1. The van der Waals surface area contributed by atoms with Crippen molar-refractivity contribution in [2.75, 3.05) is 13.2 Å². The van der Waals surface area contributed by atoms with Crippen LogP contribution in [0.5, 0.6) is 5.75 Å². The maximum Gasteiger partial charge on any atom is 0.306 e. The van der Waals surface area contributed by atoms with E-state index in [1.807, 2.05) is 0 Å². The molecule has 1 saturated heterocycles. The van der Waals surface area contributed by atoms with Gasteiger partial charge in [-0.15, -0.1) is 0 Å². The summed E-state index contributed by atoms with van der Waals surface area (Å²) in [6, 6.07) is 6.75. The number of rotatable bonds is 9. The molecular formula is C33H41NO9. The number of aliphatic hydroxyl groups excluding tert-OH is 2. The first-order valence-corrected chi connectivity index (χ1v) is 15.5. The summed E-state index contributed by atoms with van der Waals surface area (Å²) in [5.74, 6) is -1.38. The molecular weight excluding hydrogens is 554 g/mol. The van der Waals surface area contributed by atoms with Gasteiger partial charge in [-0.25, -0.2) is 0 Å². The van der Waals surface area contributed by atoms with E-state index in [1.54, 1.807) is 30.3 Å². The summed E-state index contributed by atoms with van der Waals surface area (Å²) in [7, 11) is 0. The fraction of sp³-hybridized carbons (Fsp3) is 0.636. The van der Waals surface area contributed by atoms with E-state index in [4.69, 9.17) is 9.47 Å². The van der Waals surface area contributed by atoms with Crippen LogP contribution in [0.25, 0.3) is 0 Å². The lowest BCUT2D eigenvalue weighted by molar-refractivity contribution is -0.160. The van der Waals surface area contributed by atoms with Gasteiger partial charge in [0, 0.05) is 30.7 Å². The number of amides is 1. The van der Waals surface area contributed by atoms with Crippen molar-refractivity contribution < 1.29 is 44.0 Å². The van der Waals surface area contributed by atoms with E-state index in [1.165, 1.54) is 0 Å². The molecule has 0 aromatic heterocycles. The highest BCUT2D eigenvalue weighted by atomic mass is 16.6. The highest BCUT2D eigenvalue weighted by molar-refractivity contribution is 5.92. The Hall–Kier alpha value is -3.08. The van der Waals surface area contributed by atoms with Crippen LogP contribution in [0.15, 0.2) is 35.9 Å². The predicted molar refractivity (Wildman–Crippen MR) is 152 cm³/mol. The molecule has 4 aliphatic carbocycles. The molecule has 2 bridgehead atoms. The van der Waals surface area contributed by atoms with Crippen molar-refractivity contribution in [3.05, 3.63) is 41.5 Å². The molecule has 1 aromatic carbocycles. The molecule has 1 aliphatic heterocycles. The molecule has 10 nitrogen and oxygen atoms in total. The third kappa shape index (κ3) is 5.11. The number of benzene rings is 1. The summed E-state index contributed by atoms with van der Waals surface area (Å²) in [4.78, 5) is 50.9. The van der Waals surface area contributed by atoms with Crippen LogP contribution in [-0.2, 0) is 35.1 Å². The summed E-state index contributed by atoms with van der Waals surface area (Å²) in [6.45, 7) is 1.94. The fourth-order valence-corrected chi connectivity index (χ4v) is 9.47. The average Bonchev–Trinajstić information content (AvgIpc) is 3.51. The molecule has 1 spiro atoms. The van der Waals surface area contributed by atoms with Crippen molar-refractivity contribution in [1.82, 2.24) is 5.32 Å². The molecule has 4 N–H and O–H groups in total. The molecule has 232 valence electrons. The van der Waals surface area contributed by atoms with Gasteiger partial charge in [0.1, 0.15) is 18.5 Å². The summed E-state index contributed by atoms with van der Waals surface area (Å²) < 4.78 is 12.3. The van der Waals surface area contributed by atoms with Crippen LogP contribution in [0.1, 0.15) is 63.9 Å². The molecule has 6 rings (SSSR count). The zero-order valence-corrected chi connectivity index (χ0v) is 24.5. The van der Waals surface area contributed by atoms with Crippen LogP contribution in [0.4, 0.5) is 0 Å². The van der Waals surface area contributed by atoms with Gasteiger partial charge in [-0.2, -0.15) is 0 Å². The van der Waals surface area contributed by atoms with Crippen molar-refractivity contribution in [2.24, 2.45) is 34.5 Å². The topological polar surface area (TPSA) is 159 Å². The third-order valence-electron chi connectivity index (χ3n) is 11.3. The molecule has 0 radical (unpaired) electrons. The number of hydrogen-bond donors (Lipinski definition) is 4. The number of ether oxygens (including phenoxy) is 2. The second kappa shape index (κ2) is 11.4. The zero-order valence-electron chi connectivity index (χ0n) is 24.5. The van der Waals surface area contributed by atoms with E-state index in [0.717, 1.165) is 11.1 Å². The van der Waals surface area contributed by atoms with Gasteiger partial charge < -0.3 is 30.1 Å². The number of phenolic OH excluding ortho intramolecular Hbond substituents is 1. The van der Waals surface area contributed by atoms with E-state index in [-0.39, 0.29) is 59.9 Å². The monoisotopic (exact) mass is 595 g/mol. The van der Waals surface area contributed by atoms with Crippen molar-refractivity contribution in [3.8, 4) is 5.75 Å². The lowest BCUT2D eigenvalue weighted by Crippen LogP contribution is -2.58. The first kappa shape index (κ1) is 30.0. The number of phenols is 1. The van der Waals surface area contributed by atoms with Crippen molar-refractivity contribution in [1.29, 1.82) is 0 Å². The smallest absolute Gasteiger partial charge is 0.306 e. The van der Waals surface area contributed by atoms with Gasteiger partial charge in [-0.05, 0) is 91.0 Å². The zero-order chi connectivity index (χ0) is 30.5. The Morgan fingerprint density at radius 3 is 2.65 bits per heavy atom. The molecule has 3 saturated carbocycles. The van der Waals surface area contributed by atoms with Crippen LogP contribution in [0.2, 0.25) is 0 Å². The Balaban J connectivity index is 1.15. The maximum absolute atomic E-state index is 13.1. The Morgan fingerprint density at radius 1 is 1.14 bits per heavy atom. The number of esters is 1. The van der Waals surface area contributed by atoms with E-state index in [0.29, 0.717) is 51.5 Å². The number of hydrogen-bond acceptors (Lipinski definition) is 9. The lowest BCUT2D eigenvalue weighted by atomic mass is 9.45. The van der Waals surface area contributed by atoms with Crippen molar-refractivity contribution >= 4 is 23.4 Å². The molecule has 43 heavy (non-hydrogen) atoms. The fourth-order valence-electron chi connectivity index (χ4n) is 9.47. The normalized spacial score (nSPS) is 37.5. The minimum Gasteiger partial charge on any atom is -0.508 e. The van der Waals surface area contributed by atoms with Gasteiger partial charge >= 0.3 is 5.97 Å². The van der Waals surface area contributed by atoms with E-state index < -0.39 is 41.7 Å². The third-order valence-corrected chi connectivity index (χ3v) is 11.3. The largest absolute Gasteiger partial charge is 0.508 e. The number of Topliss-reactive ketones (excluding diaryl/α,β-unsaturated/α-hetero) is 1. The van der Waals surface area contributed by atoms with Gasteiger partial charge in [0.2, 0.25) is 5.91 Å². The van der Waals surface area contributed by atoms with Crippen LogP contribution in [-0.4, -0.2) is 70.4 Å². The van der Waals surface area contributed by atoms with E-state index in [2.05, 4.69) is 12.2 Å². The van der Waals surface area contributed by atoms with E-state index >= 15 is 0 Å². The highest BCUT2D eigenvalue weighted by Crippen LogP contribution is 2.71. The summed E-state index contributed by atoms with van der Waals surface area (Å²) in [6.07, 6.45) is 3.31. The predicted octanol–water partition coefficient (Wildman–Crippen LogP) is 2.37. The van der Waals surface area contributed by atoms with Gasteiger partial charge in [0.05, 0.1) is 12.5 Å². The highest BCUT2D eigenvalue weighted by Gasteiger charge is 2.72. The van der Waals surface area contributed by atoms with Gasteiger partial charge in [0.25, 0.3) is 0 Å². The van der Waals surface area contributed by atoms with Crippen LogP contribution >= 0.6 is 0 Å². The molecule has 1 heterocycles. The summed E-state index contributed by atoms with van der Waals surface area (Å²) >= 11 is 0. The lowest BCUT2D eigenvalue weighted by Gasteiger charge is -2.58. The molecule has 1 unspecified atom stereocenters. The first-order valence-electron chi connectivity index (χ1n) is 15.5. The average molecular weight is 596 g/mol. The molecule has 1 amide bonds. The minimum atomic E-state index is -1.11. The number of aromatic hydroxyl groups is 1. The first-order chi connectivity index (χ1) is 20.6. The number of carbonyl (C=O) groups excluding carboxylic acids is 4. The number of ketones is 2. The van der Waals surface area contributed by atoms with Gasteiger partial charge in [0.15, 0.2) is 17.9 Å². The quantitative estimate of drug-likeness (QED) is 0.314. The number of carbonyl (C=O) groups is 4. The van der Waals surface area contributed by atoms with Gasteiger partial charge in [-0.3, -0.25) is 19.2 Å². The summed E-state index contributed by atoms with van der Waals surface area (Å²) in [5.41, 5.74) is 0.514.